The number of benzene rings is 13. The lowest BCUT2D eigenvalue weighted by Gasteiger charge is -2.45. The molecule has 2 aliphatic heterocycles. The standard InChI is InChI=1S/C72H49BN2/c1-46-38-57(50-20-10-5-11-21-50)39-47(2)71(46)58-42-69-72-70(43-58)75(60-36-32-52(33-37-60)49-18-8-4-9-19-49)68-45-64-56(29-27-54-23-13-15-25-62(54)64)41-66(68)73(72)65-40-55-28-26-53-22-12-14-24-61(53)63(55)44-67(65)74(69)59-34-30-51(31-35-59)48-16-6-3-7-17-48/h3-45H,1-2H3. The van der Waals surface area contributed by atoms with Gasteiger partial charge in [0.15, 0.2) is 0 Å². The topological polar surface area (TPSA) is 6.48 Å². The van der Waals surface area contributed by atoms with Crippen LogP contribution in [0.15, 0.2) is 261 Å². The van der Waals surface area contributed by atoms with E-state index in [1.54, 1.807) is 0 Å². The summed E-state index contributed by atoms with van der Waals surface area (Å²) in [6.07, 6.45) is 0. The van der Waals surface area contributed by atoms with Crippen LogP contribution in [0.3, 0.4) is 0 Å². The molecule has 0 spiro atoms. The first-order valence-corrected chi connectivity index (χ1v) is 26.2. The van der Waals surface area contributed by atoms with Crippen molar-refractivity contribution < 1.29 is 0 Å². The molecule has 0 aliphatic carbocycles. The quantitative estimate of drug-likeness (QED) is 0.121. The molecule has 0 radical (unpaired) electrons. The summed E-state index contributed by atoms with van der Waals surface area (Å²) in [4.78, 5) is 5.17. The molecule has 0 saturated heterocycles. The van der Waals surface area contributed by atoms with Crippen molar-refractivity contribution in [2.24, 2.45) is 0 Å². The summed E-state index contributed by atoms with van der Waals surface area (Å²) in [5.74, 6) is 0. The molecule has 350 valence electrons. The van der Waals surface area contributed by atoms with Crippen molar-refractivity contribution in [3.63, 3.8) is 0 Å². The fourth-order valence-corrected chi connectivity index (χ4v) is 12.8. The van der Waals surface area contributed by atoms with E-state index in [9.17, 15) is 0 Å². The van der Waals surface area contributed by atoms with Crippen LogP contribution in [-0.2, 0) is 0 Å². The summed E-state index contributed by atoms with van der Waals surface area (Å²) in [7, 11) is 0. The van der Waals surface area contributed by atoms with E-state index in [0.29, 0.717) is 0 Å². The lowest BCUT2D eigenvalue weighted by molar-refractivity contribution is 1.25. The van der Waals surface area contributed by atoms with Crippen LogP contribution >= 0.6 is 0 Å². The molecule has 0 N–H and O–H groups in total. The average molecular weight is 953 g/mol. The molecule has 3 heteroatoms. The van der Waals surface area contributed by atoms with Gasteiger partial charge in [0.05, 0.1) is 0 Å². The molecule has 0 saturated carbocycles. The van der Waals surface area contributed by atoms with E-state index in [1.165, 1.54) is 138 Å². The van der Waals surface area contributed by atoms with E-state index >= 15 is 0 Å². The third-order valence-electron chi connectivity index (χ3n) is 16.2. The normalized spacial score (nSPS) is 12.6. The van der Waals surface area contributed by atoms with Gasteiger partial charge in [0, 0.05) is 34.1 Å². The summed E-state index contributed by atoms with van der Waals surface area (Å²) in [5, 5.41) is 9.98. The van der Waals surface area contributed by atoms with Crippen molar-refractivity contribution in [1.82, 2.24) is 0 Å². The third kappa shape index (κ3) is 6.96. The molecule has 15 rings (SSSR count). The molecule has 0 aromatic heterocycles. The lowest BCUT2D eigenvalue weighted by Crippen LogP contribution is -2.61. The van der Waals surface area contributed by atoms with Crippen molar-refractivity contribution in [2.75, 3.05) is 9.80 Å². The molecular formula is C72H49BN2. The van der Waals surface area contributed by atoms with E-state index in [0.717, 1.165) is 11.4 Å². The number of aryl methyl sites for hydroxylation is 2. The fraction of sp³-hybridized carbons (Fsp3) is 0.0278. The van der Waals surface area contributed by atoms with Crippen molar-refractivity contribution in [1.29, 1.82) is 0 Å². The Labute approximate surface area is 438 Å². The summed E-state index contributed by atoms with van der Waals surface area (Å²) in [6.45, 7) is 4.51. The van der Waals surface area contributed by atoms with Crippen molar-refractivity contribution in [3.8, 4) is 44.5 Å². The van der Waals surface area contributed by atoms with Crippen molar-refractivity contribution in [3.05, 3.63) is 272 Å². The number of fused-ring (bicyclic) bond motifs is 10. The monoisotopic (exact) mass is 952 g/mol. The van der Waals surface area contributed by atoms with Gasteiger partial charge in [-0.1, -0.05) is 212 Å². The maximum Gasteiger partial charge on any atom is 0.252 e. The average Bonchev–Trinajstić information content (AvgIpc) is 3.50. The fourth-order valence-electron chi connectivity index (χ4n) is 12.8. The molecule has 0 fully saturated rings. The minimum absolute atomic E-state index is 0.0804. The first kappa shape index (κ1) is 43.2. The van der Waals surface area contributed by atoms with Gasteiger partial charge in [-0.2, -0.15) is 0 Å². The highest BCUT2D eigenvalue weighted by atomic mass is 15.2. The van der Waals surface area contributed by atoms with E-state index in [4.69, 9.17) is 0 Å². The van der Waals surface area contributed by atoms with Gasteiger partial charge in [-0.3, -0.25) is 0 Å². The van der Waals surface area contributed by atoms with Gasteiger partial charge in [-0.05, 0) is 177 Å². The highest BCUT2D eigenvalue weighted by Gasteiger charge is 2.44. The predicted octanol–water partition coefficient (Wildman–Crippen LogP) is 17.7. The second-order valence-electron chi connectivity index (χ2n) is 20.5. The molecule has 0 amide bonds. The Balaban J connectivity index is 1.06. The Bertz CT molecular complexity index is 4160. The molecule has 0 unspecified atom stereocenters. The van der Waals surface area contributed by atoms with E-state index < -0.39 is 0 Å². The van der Waals surface area contributed by atoms with Crippen LogP contribution in [0.2, 0.25) is 0 Å². The van der Waals surface area contributed by atoms with Crippen LogP contribution in [0.5, 0.6) is 0 Å². The number of hydrogen-bond donors (Lipinski definition) is 0. The zero-order valence-corrected chi connectivity index (χ0v) is 41.8. The van der Waals surface area contributed by atoms with Crippen molar-refractivity contribution >= 4 is 100 Å². The zero-order chi connectivity index (χ0) is 49.7. The maximum atomic E-state index is 2.59. The van der Waals surface area contributed by atoms with Gasteiger partial charge in [0.1, 0.15) is 0 Å². The number of hydrogen-bond acceptors (Lipinski definition) is 2. The Morgan fingerprint density at radius 2 is 0.640 bits per heavy atom. The summed E-state index contributed by atoms with van der Waals surface area (Å²) < 4.78 is 0. The van der Waals surface area contributed by atoms with E-state index in [1.807, 2.05) is 0 Å². The summed E-state index contributed by atoms with van der Waals surface area (Å²) >= 11 is 0. The number of anilines is 6. The zero-order valence-electron chi connectivity index (χ0n) is 41.8. The smallest absolute Gasteiger partial charge is 0.252 e. The molecule has 2 nitrogen and oxygen atoms in total. The molecule has 2 heterocycles. The van der Waals surface area contributed by atoms with Gasteiger partial charge >= 0.3 is 0 Å². The van der Waals surface area contributed by atoms with Crippen LogP contribution in [-0.4, -0.2) is 6.71 Å². The molecule has 13 aromatic carbocycles. The summed E-state index contributed by atoms with van der Waals surface area (Å²) in [5.41, 5.74) is 23.1. The van der Waals surface area contributed by atoms with E-state index in [-0.39, 0.29) is 6.71 Å². The van der Waals surface area contributed by atoms with Gasteiger partial charge < -0.3 is 9.80 Å². The highest BCUT2D eigenvalue weighted by molar-refractivity contribution is 7.00. The first-order valence-electron chi connectivity index (χ1n) is 26.2. The second kappa shape index (κ2) is 17.1. The Kier molecular flexibility index (Phi) is 9.84. The van der Waals surface area contributed by atoms with Gasteiger partial charge in [-0.15, -0.1) is 0 Å². The van der Waals surface area contributed by atoms with Crippen LogP contribution in [0, 0.1) is 13.8 Å². The largest absolute Gasteiger partial charge is 0.311 e. The minimum atomic E-state index is -0.0804. The van der Waals surface area contributed by atoms with Crippen LogP contribution < -0.4 is 26.2 Å². The van der Waals surface area contributed by atoms with Crippen LogP contribution in [0.1, 0.15) is 11.1 Å². The second-order valence-corrected chi connectivity index (χ2v) is 20.5. The lowest BCUT2D eigenvalue weighted by atomic mass is 9.33. The summed E-state index contributed by atoms with van der Waals surface area (Å²) in [6, 6.07) is 97.6. The molecule has 13 aromatic rings. The number of rotatable bonds is 6. The molecule has 2 aliphatic rings. The maximum absolute atomic E-state index is 2.59. The molecule has 0 bridgehead atoms. The Morgan fingerprint density at radius 1 is 0.267 bits per heavy atom. The molecular weight excluding hydrogens is 904 g/mol. The van der Waals surface area contributed by atoms with Crippen LogP contribution in [0.25, 0.3) is 87.6 Å². The first-order chi connectivity index (χ1) is 37.0. The van der Waals surface area contributed by atoms with Crippen molar-refractivity contribution in [2.45, 2.75) is 13.8 Å². The minimum Gasteiger partial charge on any atom is -0.311 e. The van der Waals surface area contributed by atoms with Crippen LogP contribution in [0.4, 0.5) is 34.1 Å². The third-order valence-corrected chi connectivity index (χ3v) is 16.2. The van der Waals surface area contributed by atoms with E-state index in [2.05, 4.69) is 285 Å². The van der Waals surface area contributed by atoms with Gasteiger partial charge in [0.25, 0.3) is 6.71 Å². The van der Waals surface area contributed by atoms with Gasteiger partial charge in [-0.25, -0.2) is 0 Å². The number of nitrogens with zero attached hydrogens (tertiary/aromatic N) is 2. The molecule has 0 atom stereocenters. The SMILES string of the molecule is Cc1cc(-c2ccccc2)cc(C)c1-c1cc2c3c(c1)N(c1ccc(-c4ccccc4)cc1)c1cc4c(ccc5ccccc54)cc1B3c1cc3ccc4ccccc4c3cc1N2c1ccc(-c2ccccc2)cc1. The highest BCUT2D eigenvalue weighted by Crippen LogP contribution is 2.49. The Hall–Kier alpha value is -9.44. The Morgan fingerprint density at radius 3 is 1.08 bits per heavy atom. The molecule has 75 heavy (non-hydrogen) atoms. The predicted molar refractivity (Wildman–Crippen MR) is 322 cm³/mol. The van der Waals surface area contributed by atoms with Gasteiger partial charge in [0.2, 0.25) is 0 Å².